The van der Waals surface area contributed by atoms with Gasteiger partial charge in [0.1, 0.15) is 24.5 Å². The van der Waals surface area contributed by atoms with Crippen LogP contribution in [0.4, 0.5) is 5.82 Å². The molecule has 1 aromatic heterocycles. The molecule has 1 atom stereocenters. The smallest absolute Gasteiger partial charge is 0.144 e. The first kappa shape index (κ1) is 10.1. The van der Waals surface area contributed by atoms with E-state index in [1.54, 1.807) is 6.33 Å². The molecule has 4 nitrogen and oxygen atoms in total. The molecule has 0 N–H and O–H groups in total. The van der Waals surface area contributed by atoms with Gasteiger partial charge in [-0.15, -0.1) is 0 Å². The molecule has 4 heteroatoms. The van der Waals surface area contributed by atoms with Gasteiger partial charge in [-0.25, -0.2) is 9.97 Å². The zero-order valence-corrected chi connectivity index (χ0v) is 10.2. The third-order valence-electron chi connectivity index (χ3n) is 3.94. The van der Waals surface area contributed by atoms with Crippen molar-refractivity contribution in [3.63, 3.8) is 0 Å². The van der Waals surface area contributed by atoms with Gasteiger partial charge in [0.25, 0.3) is 0 Å². The van der Waals surface area contributed by atoms with Crippen LogP contribution in [0.1, 0.15) is 19.3 Å². The van der Waals surface area contributed by atoms with Crippen LogP contribution in [-0.2, 0) is 0 Å². The van der Waals surface area contributed by atoms with Crippen molar-refractivity contribution in [1.29, 1.82) is 0 Å². The lowest BCUT2D eigenvalue weighted by Gasteiger charge is -2.34. The number of nitrogens with zero attached hydrogens (tertiary/aromatic N) is 3. The molecule has 18 heavy (non-hydrogen) atoms. The molecule has 0 saturated carbocycles. The number of piperidine rings is 1. The summed E-state index contributed by atoms with van der Waals surface area (Å²) in [5, 5.41) is 1.07. The molecule has 4 rings (SSSR count). The molecule has 1 unspecified atom stereocenters. The van der Waals surface area contributed by atoms with Crippen molar-refractivity contribution in [2.45, 2.75) is 25.3 Å². The van der Waals surface area contributed by atoms with Crippen LogP contribution in [0.2, 0.25) is 0 Å². The third-order valence-corrected chi connectivity index (χ3v) is 3.94. The highest BCUT2D eigenvalue weighted by Gasteiger charge is 2.29. The molecule has 2 aliphatic rings. The molecule has 1 aromatic carbocycles. The maximum atomic E-state index is 5.97. The van der Waals surface area contributed by atoms with Crippen LogP contribution in [0.25, 0.3) is 10.9 Å². The Morgan fingerprint density at radius 3 is 3.22 bits per heavy atom. The van der Waals surface area contributed by atoms with Crippen molar-refractivity contribution in [3.05, 3.63) is 24.5 Å². The lowest BCUT2D eigenvalue weighted by atomic mass is 10.0. The van der Waals surface area contributed by atoms with Crippen LogP contribution < -0.4 is 9.64 Å². The van der Waals surface area contributed by atoms with Gasteiger partial charge in [0.15, 0.2) is 0 Å². The van der Waals surface area contributed by atoms with Crippen LogP contribution in [-0.4, -0.2) is 29.2 Å². The molecule has 92 valence electrons. The van der Waals surface area contributed by atoms with E-state index in [2.05, 4.69) is 14.9 Å². The van der Waals surface area contributed by atoms with E-state index in [1.807, 2.05) is 18.2 Å². The maximum Gasteiger partial charge on any atom is 0.144 e. The molecule has 3 heterocycles. The van der Waals surface area contributed by atoms with Gasteiger partial charge in [-0.05, 0) is 31.4 Å². The number of hydrogen-bond donors (Lipinski definition) is 0. The second-order valence-corrected chi connectivity index (χ2v) is 5.00. The Labute approximate surface area is 106 Å². The van der Waals surface area contributed by atoms with Crippen molar-refractivity contribution < 1.29 is 4.74 Å². The number of rotatable bonds is 0. The molecule has 2 aliphatic heterocycles. The molecule has 0 aliphatic carbocycles. The Bertz CT molecular complexity index is 593. The highest BCUT2D eigenvalue weighted by molar-refractivity contribution is 5.95. The van der Waals surface area contributed by atoms with E-state index in [9.17, 15) is 0 Å². The minimum Gasteiger partial charge on any atom is -0.491 e. The molecule has 1 fully saturated rings. The molecule has 2 aromatic rings. The van der Waals surface area contributed by atoms with E-state index in [4.69, 9.17) is 4.74 Å². The van der Waals surface area contributed by atoms with Gasteiger partial charge < -0.3 is 9.64 Å². The highest BCUT2D eigenvalue weighted by Crippen LogP contribution is 2.37. The lowest BCUT2D eigenvalue weighted by Crippen LogP contribution is -2.42. The Hall–Kier alpha value is -1.84. The Morgan fingerprint density at radius 1 is 1.22 bits per heavy atom. The normalized spacial score (nSPS) is 22.2. The number of fused-ring (bicyclic) bond motifs is 2. The van der Waals surface area contributed by atoms with Gasteiger partial charge in [-0.2, -0.15) is 0 Å². The van der Waals surface area contributed by atoms with Crippen molar-refractivity contribution in [2.24, 2.45) is 0 Å². The Balaban J connectivity index is 1.98. The van der Waals surface area contributed by atoms with Crippen molar-refractivity contribution in [3.8, 4) is 5.75 Å². The number of anilines is 1. The SMILES string of the molecule is c1cc2c3c(ncnc3c1)N1CCCCC1CO2. The fourth-order valence-electron chi connectivity index (χ4n) is 3.04. The molecular formula is C14H15N3O. The second kappa shape index (κ2) is 3.83. The molecule has 0 spiro atoms. The number of benzene rings is 1. The highest BCUT2D eigenvalue weighted by atomic mass is 16.5. The summed E-state index contributed by atoms with van der Waals surface area (Å²) in [6.45, 7) is 1.84. The van der Waals surface area contributed by atoms with Crippen molar-refractivity contribution in [1.82, 2.24) is 9.97 Å². The first-order valence-electron chi connectivity index (χ1n) is 6.56. The fraction of sp³-hybridized carbons (Fsp3) is 0.429. The van der Waals surface area contributed by atoms with E-state index < -0.39 is 0 Å². The van der Waals surface area contributed by atoms with E-state index in [-0.39, 0.29) is 0 Å². The van der Waals surface area contributed by atoms with Crippen LogP contribution in [0, 0.1) is 0 Å². The van der Waals surface area contributed by atoms with Gasteiger partial charge in [-0.1, -0.05) is 6.07 Å². The molecule has 1 saturated heterocycles. The van der Waals surface area contributed by atoms with Crippen LogP contribution >= 0.6 is 0 Å². The minimum absolute atomic E-state index is 0.462. The van der Waals surface area contributed by atoms with E-state index >= 15 is 0 Å². The number of ether oxygens (including phenoxy) is 1. The summed E-state index contributed by atoms with van der Waals surface area (Å²) in [4.78, 5) is 11.3. The summed E-state index contributed by atoms with van der Waals surface area (Å²) in [5.74, 6) is 1.98. The lowest BCUT2D eigenvalue weighted by molar-refractivity contribution is 0.267. The van der Waals surface area contributed by atoms with Crippen molar-refractivity contribution >= 4 is 16.7 Å². The van der Waals surface area contributed by atoms with E-state index in [0.29, 0.717) is 6.04 Å². The summed E-state index contributed by atoms with van der Waals surface area (Å²) >= 11 is 0. The Morgan fingerprint density at radius 2 is 2.22 bits per heavy atom. The molecular weight excluding hydrogens is 226 g/mol. The average Bonchev–Trinajstić information content (AvgIpc) is 2.60. The third kappa shape index (κ3) is 1.38. The van der Waals surface area contributed by atoms with Gasteiger partial charge in [-0.3, -0.25) is 0 Å². The zero-order chi connectivity index (χ0) is 11.9. The summed E-state index contributed by atoms with van der Waals surface area (Å²) < 4.78 is 5.97. The minimum atomic E-state index is 0.462. The predicted molar refractivity (Wildman–Crippen MR) is 70.0 cm³/mol. The molecule has 0 amide bonds. The monoisotopic (exact) mass is 241 g/mol. The summed E-state index contributed by atoms with van der Waals surface area (Å²) in [5.41, 5.74) is 0.976. The van der Waals surface area contributed by atoms with Gasteiger partial charge >= 0.3 is 0 Å². The molecule has 0 bridgehead atoms. The number of hydrogen-bond acceptors (Lipinski definition) is 4. The average molecular weight is 241 g/mol. The van der Waals surface area contributed by atoms with Crippen molar-refractivity contribution in [2.75, 3.05) is 18.1 Å². The summed E-state index contributed by atoms with van der Waals surface area (Å²) in [6, 6.07) is 6.51. The van der Waals surface area contributed by atoms with Crippen LogP contribution in [0.3, 0.4) is 0 Å². The zero-order valence-electron chi connectivity index (χ0n) is 10.2. The quantitative estimate of drug-likeness (QED) is 0.709. The summed E-state index contributed by atoms with van der Waals surface area (Å²) in [6.07, 6.45) is 5.39. The Kier molecular flexibility index (Phi) is 2.15. The topological polar surface area (TPSA) is 38.2 Å². The molecule has 0 radical (unpaired) electrons. The first-order valence-corrected chi connectivity index (χ1v) is 6.56. The number of aromatic nitrogens is 2. The second-order valence-electron chi connectivity index (χ2n) is 5.00. The fourth-order valence-corrected chi connectivity index (χ4v) is 3.04. The first-order chi connectivity index (χ1) is 8.93. The van der Waals surface area contributed by atoms with Crippen LogP contribution in [0.15, 0.2) is 24.5 Å². The maximum absolute atomic E-state index is 5.97. The predicted octanol–water partition coefficient (Wildman–Crippen LogP) is 2.38. The van der Waals surface area contributed by atoms with Crippen LogP contribution in [0.5, 0.6) is 5.75 Å². The van der Waals surface area contributed by atoms with E-state index in [0.717, 1.165) is 35.6 Å². The largest absolute Gasteiger partial charge is 0.491 e. The van der Waals surface area contributed by atoms with Gasteiger partial charge in [0, 0.05) is 6.54 Å². The van der Waals surface area contributed by atoms with Gasteiger partial charge in [0.05, 0.1) is 16.9 Å². The van der Waals surface area contributed by atoms with Gasteiger partial charge in [0.2, 0.25) is 0 Å². The standard InChI is InChI=1S/C14H15N3O/c1-2-7-17-10(4-1)8-18-12-6-3-5-11-13(12)14(17)16-9-15-11/h3,5-6,9-10H,1-2,4,7-8H2. The summed E-state index contributed by atoms with van der Waals surface area (Å²) in [7, 11) is 0. The van der Waals surface area contributed by atoms with E-state index in [1.165, 1.54) is 19.3 Å².